The summed E-state index contributed by atoms with van der Waals surface area (Å²) in [6.45, 7) is 2.18. The Hall–Kier alpha value is -0.800. The number of allylic oxidation sites excluding steroid dienone is 2. The maximum absolute atomic E-state index is 12.3. The Morgan fingerprint density at radius 1 is 1.43 bits per heavy atom. The summed E-state index contributed by atoms with van der Waals surface area (Å²) >= 11 is 9.77. The second-order valence-electron chi connectivity index (χ2n) is 6.10. The number of hydrogen-bond donors (Lipinski definition) is 1. The van der Waals surface area contributed by atoms with Crippen LogP contribution in [0.15, 0.2) is 16.6 Å². The molecule has 1 aromatic carbocycles. The van der Waals surface area contributed by atoms with Gasteiger partial charge in [0.05, 0.1) is 9.51 Å². The zero-order valence-corrected chi connectivity index (χ0v) is 14.4. The molecule has 0 saturated carbocycles. The minimum atomic E-state index is -0.0424. The van der Waals surface area contributed by atoms with Crippen molar-refractivity contribution in [2.75, 3.05) is 0 Å². The number of carbonyl (C=O) groups excluding carboxylic acids is 1. The van der Waals surface area contributed by atoms with Gasteiger partial charge in [0.25, 0.3) is 0 Å². The summed E-state index contributed by atoms with van der Waals surface area (Å²) in [6, 6.07) is 3.54. The molecule has 0 aromatic heterocycles. The van der Waals surface area contributed by atoms with Crippen LogP contribution in [0.1, 0.15) is 50.2 Å². The number of fused-ring (bicyclic) bond motifs is 3. The Bertz CT molecular complexity index is 650. The molecule has 21 heavy (non-hydrogen) atoms. The molecule has 0 bridgehead atoms. The second-order valence-corrected chi connectivity index (χ2v) is 7.27. The van der Waals surface area contributed by atoms with E-state index in [-0.39, 0.29) is 16.9 Å². The molecule has 1 N–H and O–H groups in total. The van der Waals surface area contributed by atoms with Crippen LogP contribution in [-0.2, 0) is 11.2 Å². The highest BCUT2D eigenvalue weighted by Gasteiger charge is 2.47. The van der Waals surface area contributed by atoms with E-state index >= 15 is 0 Å². The van der Waals surface area contributed by atoms with Crippen molar-refractivity contribution in [3.05, 3.63) is 32.8 Å². The fraction of sp³-hybridized carbons (Fsp3) is 0.471. The van der Waals surface area contributed by atoms with Crippen LogP contribution in [0.2, 0.25) is 5.02 Å². The van der Waals surface area contributed by atoms with Gasteiger partial charge in [0, 0.05) is 11.8 Å². The molecule has 4 heteroatoms. The number of hydrogen-bond acceptors (Lipinski definition) is 2. The molecule has 0 amide bonds. The fourth-order valence-corrected chi connectivity index (χ4v) is 4.80. The minimum Gasteiger partial charge on any atom is -0.506 e. The largest absolute Gasteiger partial charge is 0.506 e. The minimum absolute atomic E-state index is 0.0424. The molecule has 1 aromatic rings. The molecule has 0 aliphatic heterocycles. The summed E-state index contributed by atoms with van der Waals surface area (Å²) in [4.78, 5) is 12.3. The molecule has 1 unspecified atom stereocenters. The van der Waals surface area contributed by atoms with Crippen LogP contribution >= 0.6 is 27.5 Å². The normalized spacial score (nSPS) is 24.2. The van der Waals surface area contributed by atoms with Crippen LogP contribution in [-0.4, -0.2) is 10.9 Å². The first-order valence-corrected chi connectivity index (χ1v) is 8.61. The Balaban J connectivity index is 2.17. The quantitative estimate of drug-likeness (QED) is 0.790. The molecule has 2 nitrogen and oxygen atoms in total. The van der Waals surface area contributed by atoms with Gasteiger partial charge in [-0.05, 0) is 58.0 Å². The van der Waals surface area contributed by atoms with Crippen molar-refractivity contribution < 1.29 is 9.90 Å². The van der Waals surface area contributed by atoms with Gasteiger partial charge in [-0.2, -0.15) is 0 Å². The van der Waals surface area contributed by atoms with E-state index in [4.69, 9.17) is 11.6 Å². The van der Waals surface area contributed by atoms with Crippen LogP contribution in [0.3, 0.4) is 0 Å². The van der Waals surface area contributed by atoms with Gasteiger partial charge in [-0.25, -0.2) is 0 Å². The molecular formula is C17H18BrClO2. The van der Waals surface area contributed by atoms with Gasteiger partial charge in [0.1, 0.15) is 5.75 Å². The van der Waals surface area contributed by atoms with Crippen LogP contribution in [0.25, 0.3) is 5.57 Å². The number of halogens is 2. The van der Waals surface area contributed by atoms with E-state index in [2.05, 4.69) is 22.9 Å². The van der Waals surface area contributed by atoms with E-state index in [1.165, 1.54) is 0 Å². The van der Waals surface area contributed by atoms with Gasteiger partial charge in [-0.1, -0.05) is 37.4 Å². The van der Waals surface area contributed by atoms with Crippen LogP contribution < -0.4 is 0 Å². The van der Waals surface area contributed by atoms with Crippen molar-refractivity contribution in [3.8, 4) is 5.75 Å². The maximum atomic E-state index is 12.3. The van der Waals surface area contributed by atoms with Crippen molar-refractivity contribution >= 4 is 38.9 Å². The van der Waals surface area contributed by atoms with Crippen LogP contribution in [0, 0.1) is 5.41 Å². The van der Waals surface area contributed by atoms with E-state index in [1.54, 1.807) is 6.07 Å². The van der Waals surface area contributed by atoms with Crippen molar-refractivity contribution in [2.45, 2.75) is 45.4 Å². The third-order valence-electron chi connectivity index (χ3n) is 4.85. The Kier molecular flexibility index (Phi) is 3.91. The number of carbonyl (C=O) groups is 1. The van der Waals surface area contributed by atoms with E-state index in [0.29, 0.717) is 15.9 Å². The third kappa shape index (κ3) is 2.25. The first kappa shape index (κ1) is 15.1. The standard InChI is InChI=1S/C17H18BrClO2/c1-2-3-7-17-8-6-11-10(4-5-12(20)16(11)19)14(17)15(18)13(21)9-17/h4-5,20H,2-3,6-9H2,1H3. The lowest BCUT2D eigenvalue weighted by atomic mass is 9.66. The number of ketones is 1. The number of benzene rings is 1. The van der Waals surface area contributed by atoms with E-state index in [0.717, 1.165) is 48.8 Å². The van der Waals surface area contributed by atoms with Crippen molar-refractivity contribution in [2.24, 2.45) is 5.41 Å². The number of Topliss-reactive ketones (excluding diaryl/α,β-unsaturated/α-hetero) is 1. The van der Waals surface area contributed by atoms with Gasteiger partial charge in [0.15, 0.2) is 5.78 Å². The molecule has 0 heterocycles. The van der Waals surface area contributed by atoms with E-state index in [1.807, 2.05) is 6.07 Å². The van der Waals surface area contributed by atoms with Gasteiger partial charge in [-0.3, -0.25) is 4.79 Å². The molecule has 0 saturated heterocycles. The Morgan fingerprint density at radius 3 is 2.90 bits per heavy atom. The fourth-order valence-electron chi connectivity index (χ4n) is 3.77. The average Bonchev–Trinajstić information content (AvgIpc) is 2.73. The molecule has 0 radical (unpaired) electrons. The highest BCUT2D eigenvalue weighted by atomic mass is 79.9. The van der Waals surface area contributed by atoms with E-state index < -0.39 is 0 Å². The van der Waals surface area contributed by atoms with Gasteiger partial charge < -0.3 is 5.11 Å². The zero-order valence-electron chi connectivity index (χ0n) is 12.0. The first-order valence-electron chi connectivity index (χ1n) is 7.44. The van der Waals surface area contributed by atoms with Crippen molar-refractivity contribution in [1.29, 1.82) is 0 Å². The van der Waals surface area contributed by atoms with Gasteiger partial charge >= 0.3 is 0 Å². The number of rotatable bonds is 3. The molecule has 2 aliphatic rings. The zero-order chi connectivity index (χ0) is 15.2. The maximum Gasteiger partial charge on any atom is 0.171 e. The summed E-state index contributed by atoms with van der Waals surface area (Å²) < 4.78 is 0.710. The summed E-state index contributed by atoms with van der Waals surface area (Å²) in [7, 11) is 0. The summed E-state index contributed by atoms with van der Waals surface area (Å²) in [5, 5.41) is 10.2. The molecule has 0 fully saturated rings. The van der Waals surface area contributed by atoms with Gasteiger partial charge in [-0.15, -0.1) is 0 Å². The smallest absolute Gasteiger partial charge is 0.171 e. The number of phenols is 1. The van der Waals surface area contributed by atoms with Crippen molar-refractivity contribution in [1.82, 2.24) is 0 Å². The highest BCUT2D eigenvalue weighted by Crippen LogP contribution is 2.58. The molecule has 112 valence electrons. The lowest BCUT2D eigenvalue weighted by Gasteiger charge is -2.37. The topological polar surface area (TPSA) is 37.3 Å². The monoisotopic (exact) mass is 368 g/mol. The predicted molar refractivity (Wildman–Crippen MR) is 88.9 cm³/mol. The SMILES string of the molecule is CCCCC12CCc3c(ccc(O)c3Cl)C1=C(Br)C(=O)C2. The number of aromatic hydroxyl groups is 1. The Morgan fingerprint density at radius 2 is 2.19 bits per heavy atom. The molecule has 2 aliphatic carbocycles. The third-order valence-corrected chi connectivity index (χ3v) is 6.11. The second kappa shape index (κ2) is 5.44. The van der Waals surface area contributed by atoms with Crippen molar-refractivity contribution in [3.63, 3.8) is 0 Å². The Labute approximate surface area is 138 Å². The van der Waals surface area contributed by atoms with Crippen LogP contribution in [0.5, 0.6) is 5.75 Å². The molecular weight excluding hydrogens is 352 g/mol. The van der Waals surface area contributed by atoms with Crippen LogP contribution in [0.4, 0.5) is 0 Å². The van der Waals surface area contributed by atoms with E-state index in [9.17, 15) is 9.90 Å². The molecule has 3 rings (SSSR count). The lowest BCUT2D eigenvalue weighted by molar-refractivity contribution is -0.115. The molecule has 0 spiro atoms. The summed E-state index contributed by atoms with van der Waals surface area (Å²) in [5.74, 6) is 0.315. The number of phenolic OH excluding ortho intramolecular Hbond substituents is 1. The number of unbranched alkanes of at least 4 members (excludes halogenated alkanes) is 1. The van der Waals surface area contributed by atoms with Gasteiger partial charge in [0.2, 0.25) is 0 Å². The average molecular weight is 370 g/mol. The summed E-state index contributed by atoms with van der Waals surface area (Å²) in [5.41, 5.74) is 3.09. The first-order chi connectivity index (χ1) is 10.00. The summed E-state index contributed by atoms with van der Waals surface area (Å²) in [6.07, 6.45) is 5.64. The lowest BCUT2D eigenvalue weighted by Crippen LogP contribution is -2.26. The molecule has 1 atom stereocenters. The predicted octanol–water partition coefficient (Wildman–Crippen LogP) is 5.25. The highest BCUT2D eigenvalue weighted by molar-refractivity contribution is 9.12.